The van der Waals surface area contributed by atoms with Gasteiger partial charge >= 0.3 is 0 Å². The number of ketones is 1. The number of para-hydroxylation sites is 3. The molecule has 1 heterocycles. The Hall–Kier alpha value is -3.73. The van der Waals surface area contributed by atoms with Crippen molar-refractivity contribution < 1.29 is 14.3 Å². The molecule has 1 aliphatic carbocycles. The first-order chi connectivity index (χ1) is 15.7. The molecule has 0 saturated carbocycles. The van der Waals surface area contributed by atoms with Crippen molar-refractivity contribution >= 4 is 17.2 Å². The minimum absolute atomic E-state index is 0.00994. The predicted molar refractivity (Wildman–Crippen MR) is 126 cm³/mol. The van der Waals surface area contributed by atoms with Crippen LogP contribution in [0.5, 0.6) is 11.5 Å². The Morgan fingerprint density at radius 2 is 1.56 bits per heavy atom. The molecule has 3 aromatic rings. The molecule has 5 nitrogen and oxygen atoms in total. The molecule has 2 aliphatic rings. The summed E-state index contributed by atoms with van der Waals surface area (Å²) in [6, 6.07) is 23.7. The number of rotatable bonds is 4. The molecule has 0 aromatic heterocycles. The Labute approximate surface area is 188 Å². The monoisotopic (exact) mass is 426 g/mol. The highest BCUT2D eigenvalue weighted by molar-refractivity contribution is 5.90. The molecule has 3 aromatic carbocycles. The van der Waals surface area contributed by atoms with E-state index >= 15 is 0 Å². The predicted octanol–water partition coefficient (Wildman–Crippen LogP) is 5.54. The maximum absolute atomic E-state index is 13.6. The van der Waals surface area contributed by atoms with E-state index in [1.54, 1.807) is 14.2 Å². The third-order valence-corrected chi connectivity index (χ3v) is 6.35. The standard InChI is InChI=1S/C27H26N2O3/c1-31-19-13-11-17(12-14-19)18-15-23-26(24(30)16-18)27(20-7-3-6-10-25(20)32-2)29-22-9-5-4-8-21(22)28-23/h3-15,18,26-29H,16H2,1-2H3/t18-,26+,27-/m1/s1. The topological polar surface area (TPSA) is 59.6 Å². The first kappa shape index (κ1) is 20.2. The summed E-state index contributed by atoms with van der Waals surface area (Å²) in [7, 11) is 3.32. The molecular weight excluding hydrogens is 400 g/mol. The molecule has 0 fully saturated rings. The fourth-order valence-electron chi connectivity index (χ4n) is 4.75. The van der Waals surface area contributed by atoms with Gasteiger partial charge in [-0.3, -0.25) is 4.79 Å². The largest absolute Gasteiger partial charge is 0.497 e. The number of allylic oxidation sites excluding steroid dienone is 1. The van der Waals surface area contributed by atoms with Gasteiger partial charge in [0.1, 0.15) is 17.3 Å². The van der Waals surface area contributed by atoms with E-state index in [1.807, 2.05) is 72.8 Å². The molecule has 3 atom stereocenters. The van der Waals surface area contributed by atoms with Crippen LogP contribution < -0.4 is 20.1 Å². The van der Waals surface area contributed by atoms with E-state index in [4.69, 9.17) is 9.47 Å². The quantitative estimate of drug-likeness (QED) is 0.574. The first-order valence-electron chi connectivity index (χ1n) is 10.8. The number of Topliss-reactive ketones (excluding diaryl/α,β-unsaturated/α-hetero) is 1. The van der Waals surface area contributed by atoms with Gasteiger partial charge in [-0.05, 0) is 35.9 Å². The van der Waals surface area contributed by atoms with E-state index in [0.717, 1.165) is 39.7 Å². The number of hydrogen-bond donors (Lipinski definition) is 2. The van der Waals surface area contributed by atoms with Crippen LogP contribution in [0.25, 0.3) is 0 Å². The molecule has 0 spiro atoms. The van der Waals surface area contributed by atoms with Gasteiger partial charge in [0.15, 0.2) is 0 Å². The normalized spacial score (nSPS) is 21.8. The number of fused-ring (bicyclic) bond motifs is 2. The zero-order chi connectivity index (χ0) is 22.1. The lowest BCUT2D eigenvalue weighted by molar-refractivity contribution is -0.122. The van der Waals surface area contributed by atoms with Crippen LogP contribution >= 0.6 is 0 Å². The van der Waals surface area contributed by atoms with Crippen molar-refractivity contribution in [3.8, 4) is 11.5 Å². The molecule has 0 bridgehead atoms. The first-order valence-corrected chi connectivity index (χ1v) is 10.8. The molecule has 0 radical (unpaired) electrons. The SMILES string of the molecule is COc1ccc([C@@H]2C=C3Nc4ccccc4N[C@H](c4ccccc4OC)[C@@H]3C(=O)C2)cc1. The Morgan fingerprint density at radius 1 is 0.844 bits per heavy atom. The van der Waals surface area contributed by atoms with Crippen LogP contribution in [0.1, 0.15) is 29.5 Å². The molecule has 162 valence electrons. The third-order valence-electron chi connectivity index (χ3n) is 6.35. The Kier molecular flexibility index (Phi) is 5.31. The number of hydrogen-bond acceptors (Lipinski definition) is 5. The van der Waals surface area contributed by atoms with Gasteiger partial charge in [0.25, 0.3) is 0 Å². The van der Waals surface area contributed by atoms with Gasteiger partial charge in [-0.1, -0.05) is 48.5 Å². The van der Waals surface area contributed by atoms with Crippen LogP contribution in [-0.2, 0) is 4.79 Å². The highest BCUT2D eigenvalue weighted by atomic mass is 16.5. The summed E-state index contributed by atoms with van der Waals surface area (Å²) in [5.41, 5.74) is 4.93. The summed E-state index contributed by atoms with van der Waals surface area (Å²) in [5.74, 6) is 1.45. The Bertz CT molecular complexity index is 1170. The summed E-state index contributed by atoms with van der Waals surface area (Å²) < 4.78 is 10.9. The van der Waals surface area contributed by atoms with Crippen molar-refractivity contribution in [3.63, 3.8) is 0 Å². The second-order valence-corrected chi connectivity index (χ2v) is 8.18. The van der Waals surface area contributed by atoms with Crippen molar-refractivity contribution in [2.75, 3.05) is 24.9 Å². The number of anilines is 2. The summed E-state index contributed by atoms with van der Waals surface area (Å²) in [5, 5.41) is 7.19. The fraction of sp³-hybridized carbons (Fsp3) is 0.222. The van der Waals surface area contributed by atoms with E-state index in [1.165, 1.54) is 0 Å². The Morgan fingerprint density at radius 3 is 2.31 bits per heavy atom. The highest BCUT2D eigenvalue weighted by Crippen LogP contribution is 2.46. The maximum Gasteiger partial charge on any atom is 0.145 e. The molecular formula is C27H26N2O3. The summed E-state index contributed by atoms with van der Waals surface area (Å²) in [6.45, 7) is 0. The number of benzene rings is 3. The van der Waals surface area contributed by atoms with E-state index in [0.29, 0.717) is 6.42 Å². The third kappa shape index (κ3) is 3.60. The lowest BCUT2D eigenvalue weighted by atomic mass is 9.76. The number of methoxy groups -OCH3 is 2. The van der Waals surface area contributed by atoms with Crippen LogP contribution in [0, 0.1) is 5.92 Å². The van der Waals surface area contributed by atoms with Gasteiger partial charge in [0.05, 0.1) is 37.6 Å². The van der Waals surface area contributed by atoms with Gasteiger partial charge in [-0.25, -0.2) is 0 Å². The van der Waals surface area contributed by atoms with Crippen molar-refractivity contribution in [2.45, 2.75) is 18.4 Å². The van der Waals surface area contributed by atoms with Gasteiger partial charge in [-0.2, -0.15) is 0 Å². The van der Waals surface area contributed by atoms with Crippen molar-refractivity contribution in [1.82, 2.24) is 0 Å². The van der Waals surface area contributed by atoms with Gasteiger partial charge in [-0.15, -0.1) is 0 Å². The molecule has 5 heteroatoms. The molecule has 0 saturated heterocycles. The van der Waals surface area contributed by atoms with E-state index in [-0.39, 0.29) is 23.7 Å². The number of ether oxygens (including phenoxy) is 2. The summed E-state index contributed by atoms with van der Waals surface area (Å²) in [4.78, 5) is 13.6. The van der Waals surface area contributed by atoms with Crippen molar-refractivity contribution in [2.24, 2.45) is 5.92 Å². The van der Waals surface area contributed by atoms with Gasteiger partial charge < -0.3 is 20.1 Å². The fourth-order valence-corrected chi connectivity index (χ4v) is 4.75. The summed E-state index contributed by atoms with van der Waals surface area (Å²) >= 11 is 0. The molecule has 0 amide bonds. The van der Waals surface area contributed by atoms with E-state index < -0.39 is 0 Å². The second-order valence-electron chi connectivity index (χ2n) is 8.18. The number of carbonyl (C=O) groups excluding carboxylic acids is 1. The zero-order valence-corrected chi connectivity index (χ0v) is 18.2. The van der Waals surface area contributed by atoms with Crippen LogP contribution in [0.3, 0.4) is 0 Å². The van der Waals surface area contributed by atoms with Gasteiger partial charge in [0, 0.05) is 23.6 Å². The average Bonchev–Trinajstić information content (AvgIpc) is 3.01. The smallest absolute Gasteiger partial charge is 0.145 e. The van der Waals surface area contributed by atoms with Crippen LogP contribution in [-0.4, -0.2) is 20.0 Å². The lowest BCUT2D eigenvalue weighted by Crippen LogP contribution is -2.34. The minimum atomic E-state index is -0.340. The maximum atomic E-state index is 13.6. The van der Waals surface area contributed by atoms with Crippen LogP contribution in [0.4, 0.5) is 11.4 Å². The average molecular weight is 427 g/mol. The van der Waals surface area contributed by atoms with E-state index in [2.05, 4.69) is 16.7 Å². The molecule has 0 unspecified atom stereocenters. The highest BCUT2D eigenvalue weighted by Gasteiger charge is 2.40. The van der Waals surface area contributed by atoms with Crippen LogP contribution in [0.15, 0.2) is 84.6 Å². The van der Waals surface area contributed by atoms with E-state index in [9.17, 15) is 4.79 Å². The zero-order valence-electron chi connectivity index (χ0n) is 18.2. The summed E-state index contributed by atoms with van der Waals surface area (Å²) in [6.07, 6.45) is 2.66. The number of carbonyl (C=O) groups is 1. The molecule has 1 aliphatic heterocycles. The Balaban J connectivity index is 1.61. The lowest BCUT2D eigenvalue weighted by Gasteiger charge is -2.33. The molecule has 5 rings (SSSR count). The van der Waals surface area contributed by atoms with Gasteiger partial charge in [0.2, 0.25) is 0 Å². The van der Waals surface area contributed by atoms with Crippen LogP contribution in [0.2, 0.25) is 0 Å². The number of nitrogens with one attached hydrogen (secondary N) is 2. The second kappa shape index (κ2) is 8.42. The minimum Gasteiger partial charge on any atom is -0.497 e. The van der Waals surface area contributed by atoms with Crippen molar-refractivity contribution in [3.05, 3.63) is 95.7 Å². The van der Waals surface area contributed by atoms with Crippen molar-refractivity contribution in [1.29, 1.82) is 0 Å². The molecule has 32 heavy (non-hydrogen) atoms. The molecule has 2 N–H and O–H groups in total.